The van der Waals surface area contributed by atoms with Gasteiger partial charge in [0.25, 0.3) is 5.91 Å². The largest absolute Gasteiger partial charge is 0.497 e. The third kappa shape index (κ3) is 16.2. The number of fused-ring (bicyclic) bond motifs is 1. The summed E-state index contributed by atoms with van der Waals surface area (Å²) in [7, 11) is 4.28. The molecule has 4 rings (SSSR count). The van der Waals surface area contributed by atoms with E-state index in [0.717, 1.165) is 0 Å². The number of cyclic esters (lactones) is 2. The molecule has 1 aromatic rings. The number of carbonyl (C=O) groups is 10. The number of likely N-dealkylation sites (tertiary alicyclic amines) is 1. The van der Waals surface area contributed by atoms with Crippen LogP contribution in [0.4, 0.5) is 0 Å². The predicted octanol–water partition coefficient (Wildman–Crippen LogP) is 1.29. The molecule has 0 bridgehead atoms. The van der Waals surface area contributed by atoms with Crippen LogP contribution >= 0.6 is 0 Å². The Morgan fingerprint density at radius 3 is 2.13 bits per heavy atom. The molecule has 0 saturated carbocycles. The van der Waals surface area contributed by atoms with Crippen LogP contribution < -0.4 is 20.7 Å². The minimum absolute atomic E-state index is 0.0746. The number of esters is 2. The van der Waals surface area contributed by atoms with E-state index in [1.807, 2.05) is 27.7 Å². The van der Waals surface area contributed by atoms with E-state index in [4.69, 9.17) is 14.2 Å². The Kier molecular flexibility index (Phi) is 23.2. The monoisotopic (exact) mass is 1070 g/mol. The number of nitrogens with one attached hydrogen (secondary N) is 3. The third-order valence-corrected chi connectivity index (χ3v) is 14.8. The van der Waals surface area contributed by atoms with Gasteiger partial charge < -0.3 is 60.0 Å². The van der Waals surface area contributed by atoms with Gasteiger partial charge in [0, 0.05) is 33.6 Å². The maximum absolute atomic E-state index is 14.9. The smallest absolute Gasteiger partial charge is 0.329 e. The Hall–Kier alpha value is -6.16. The topological polar surface area (TPSA) is 288 Å². The predicted molar refractivity (Wildman–Crippen MR) is 276 cm³/mol. The Morgan fingerprint density at radius 2 is 1.54 bits per heavy atom. The number of ether oxygens (including phenoxy) is 3. The van der Waals surface area contributed by atoms with Crippen molar-refractivity contribution in [3.8, 4) is 5.75 Å². The lowest BCUT2D eigenvalue weighted by Gasteiger charge is -2.36. The fourth-order valence-electron chi connectivity index (χ4n) is 9.91. The van der Waals surface area contributed by atoms with Gasteiger partial charge in [0.2, 0.25) is 35.4 Å². The number of aliphatic hydroxyl groups is 2. The zero-order valence-corrected chi connectivity index (χ0v) is 46.4. The Bertz CT molecular complexity index is 2240. The molecule has 0 radical (unpaired) electrons. The highest BCUT2D eigenvalue weighted by molar-refractivity contribution is 6.04. The molecule has 3 heterocycles. The summed E-state index contributed by atoms with van der Waals surface area (Å²) in [4.78, 5) is 146. The number of hydrogen-bond donors (Lipinski definition) is 5. The van der Waals surface area contributed by atoms with Gasteiger partial charge in [-0.2, -0.15) is 0 Å². The van der Waals surface area contributed by atoms with Crippen molar-refractivity contribution in [2.45, 2.75) is 181 Å². The highest BCUT2D eigenvalue weighted by Gasteiger charge is 2.45. The number of likely N-dealkylation sites (N-methyl/N-ethyl adjacent to an activating group) is 2. The maximum atomic E-state index is 14.9. The first kappa shape index (κ1) is 62.4. The highest BCUT2D eigenvalue weighted by atomic mass is 16.5. The van der Waals surface area contributed by atoms with Gasteiger partial charge in [-0.25, -0.2) is 4.79 Å². The summed E-state index contributed by atoms with van der Waals surface area (Å²) in [5.74, 6) is -9.61. The molecule has 0 aliphatic carbocycles. The first-order valence-electron chi connectivity index (χ1n) is 26.7. The van der Waals surface area contributed by atoms with E-state index in [1.54, 1.807) is 38.1 Å². The van der Waals surface area contributed by atoms with E-state index in [9.17, 15) is 58.2 Å². The molecule has 424 valence electrons. The summed E-state index contributed by atoms with van der Waals surface area (Å²) < 4.78 is 16.7. The van der Waals surface area contributed by atoms with Gasteiger partial charge in [-0.1, -0.05) is 60.1 Å². The zero-order valence-electron chi connectivity index (χ0n) is 46.4. The SMILES string of the molecule is CC[C@H](C)[C@H]1NC(=O)[C@@H](NC(=O)[C@@H](CC(C)C)N(C)C(=O)[C@@H]2CCCN2C(=O)[C@H](C)O)[C@H](C)OC(=O)[C@H](Cc2ccc(OC)cc2)N(C)C(=O)[C@@H]2CCCN2C(=O)[C@@H](CC(C)C)NC(=O)[C@@H](C)C(=O)COC(=O)C[C@H]1O. The van der Waals surface area contributed by atoms with Crippen LogP contribution in [0.25, 0.3) is 0 Å². The summed E-state index contributed by atoms with van der Waals surface area (Å²) in [5.41, 5.74) is 0.571. The minimum atomic E-state index is -1.76. The second-order valence-corrected chi connectivity index (χ2v) is 21.5. The molecular weight excluding hydrogens is 987 g/mol. The Labute approximate surface area is 446 Å². The van der Waals surface area contributed by atoms with Gasteiger partial charge in [0.05, 0.1) is 31.6 Å². The lowest BCUT2D eigenvalue weighted by molar-refractivity contribution is -0.162. The molecule has 0 aromatic heterocycles. The molecule has 3 aliphatic rings. The number of nitrogens with zero attached hydrogens (tertiary/aromatic N) is 4. The number of amides is 7. The van der Waals surface area contributed by atoms with Crippen LogP contribution in [0.3, 0.4) is 0 Å². The number of hydrogen-bond acceptors (Lipinski definition) is 15. The number of ketones is 1. The maximum Gasteiger partial charge on any atom is 0.329 e. The number of benzene rings is 1. The van der Waals surface area contributed by atoms with Gasteiger partial charge in [-0.15, -0.1) is 0 Å². The molecule has 3 fully saturated rings. The van der Waals surface area contributed by atoms with E-state index in [2.05, 4.69) is 16.0 Å². The van der Waals surface area contributed by atoms with Gasteiger partial charge >= 0.3 is 11.9 Å². The Balaban J connectivity index is 1.85. The van der Waals surface area contributed by atoms with E-state index < -0.39 is 145 Å². The van der Waals surface area contributed by atoms with Crippen molar-refractivity contribution in [2.24, 2.45) is 23.7 Å². The summed E-state index contributed by atoms with van der Waals surface area (Å²) >= 11 is 0. The van der Waals surface area contributed by atoms with Crippen LogP contribution in [-0.4, -0.2) is 190 Å². The molecule has 76 heavy (non-hydrogen) atoms. The number of carbonyl (C=O) groups excluding carboxylic acids is 10. The van der Waals surface area contributed by atoms with Gasteiger partial charge in [-0.3, -0.25) is 43.2 Å². The minimum Gasteiger partial charge on any atom is -0.497 e. The van der Waals surface area contributed by atoms with E-state index >= 15 is 0 Å². The Morgan fingerprint density at radius 1 is 0.895 bits per heavy atom. The van der Waals surface area contributed by atoms with Gasteiger partial charge in [-0.05, 0) is 94.7 Å². The fraction of sp³-hybridized carbons (Fsp3) is 0.704. The van der Waals surface area contributed by atoms with E-state index in [-0.39, 0.29) is 57.0 Å². The average Bonchev–Trinajstić information content (AvgIpc) is 4.08. The number of Topliss-reactive ketones (excluding diaryl/α,β-unsaturated/α-hetero) is 1. The zero-order chi connectivity index (χ0) is 56.9. The van der Waals surface area contributed by atoms with Crippen LogP contribution in [-0.2, 0) is 63.8 Å². The van der Waals surface area contributed by atoms with Crippen LogP contribution in [0.15, 0.2) is 24.3 Å². The van der Waals surface area contributed by atoms with Crippen LogP contribution in [0.5, 0.6) is 5.75 Å². The average molecular weight is 1070 g/mol. The van der Waals surface area contributed by atoms with E-state index in [1.165, 1.54) is 61.6 Å². The molecule has 12 atom stereocenters. The molecule has 1 aromatic carbocycles. The second-order valence-electron chi connectivity index (χ2n) is 21.5. The highest BCUT2D eigenvalue weighted by Crippen LogP contribution is 2.27. The molecule has 3 saturated heterocycles. The first-order chi connectivity index (χ1) is 35.7. The first-order valence-corrected chi connectivity index (χ1v) is 26.7. The quantitative estimate of drug-likeness (QED) is 0.130. The van der Waals surface area contributed by atoms with Crippen molar-refractivity contribution in [3.05, 3.63) is 29.8 Å². The second kappa shape index (κ2) is 28.3. The third-order valence-electron chi connectivity index (χ3n) is 14.8. The van der Waals surface area contributed by atoms with Crippen LogP contribution in [0.1, 0.15) is 119 Å². The fourth-order valence-corrected chi connectivity index (χ4v) is 9.91. The molecule has 0 spiro atoms. The summed E-state index contributed by atoms with van der Waals surface area (Å²) in [6, 6.07) is -2.13. The van der Waals surface area contributed by atoms with Crippen molar-refractivity contribution in [1.29, 1.82) is 0 Å². The molecule has 22 nitrogen and oxygen atoms in total. The lowest BCUT2D eigenvalue weighted by atomic mass is 9.92. The van der Waals surface area contributed by atoms with Gasteiger partial charge in [0.1, 0.15) is 54.2 Å². The van der Waals surface area contributed by atoms with Crippen molar-refractivity contribution >= 4 is 59.1 Å². The summed E-state index contributed by atoms with van der Waals surface area (Å²) in [5, 5.41) is 29.9. The standard InChI is InChI=1S/C54H83N7O15/c1-13-31(6)45-42(63)27-44(65)75-28-43(64)32(7)47(66)55-37(24-29(2)3)51(70)61-23-15-17-39(61)53(72)59(11)41(26-35-18-20-36(74-12)21-19-35)54(73)76-34(9)46(49(68)56-45)57-48(67)40(25-30(4)5)58(10)52(71)38-16-14-22-60(38)50(69)33(8)62/h18-21,29-34,37-42,45-46,62-63H,13-17,22-28H2,1-12H3,(H,55,66)(H,56,68)(H,57,67)/t31-,32-,33-,34-,37+,38-,39-,40+,41-,42+,45+,46-/m0/s1. The molecule has 7 amide bonds. The van der Waals surface area contributed by atoms with Gasteiger partial charge in [0.15, 0.2) is 12.4 Å². The molecule has 22 heteroatoms. The van der Waals surface area contributed by atoms with Crippen LogP contribution in [0, 0.1) is 23.7 Å². The van der Waals surface area contributed by atoms with Crippen molar-refractivity contribution in [3.63, 3.8) is 0 Å². The molecule has 3 aliphatic heterocycles. The van der Waals surface area contributed by atoms with E-state index in [0.29, 0.717) is 30.6 Å². The number of rotatable bonds is 14. The molecule has 5 N–H and O–H groups in total. The molecule has 0 unspecified atom stereocenters. The number of aliphatic hydroxyl groups excluding tert-OH is 2. The normalized spacial score (nSPS) is 27.2. The lowest BCUT2D eigenvalue weighted by Crippen LogP contribution is -2.62. The van der Waals surface area contributed by atoms with Crippen LogP contribution in [0.2, 0.25) is 0 Å². The van der Waals surface area contributed by atoms with Crippen molar-refractivity contribution in [2.75, 3.05) is 40.9 Å². The molecular formula is C54H83N7O15. The van der Waals surface area contributed by atoms with Crippen molar-refractivity contribution < 1.29 is 72.4 Å². The number of methoxy groups -OCH3 is 1. The van der Waals surface area contributed by atoms with Crippen molar-refractivity contribution in [1.82, 2.24) is 35.6 Å². The summed E-state index contributed by atoms with van der Waals surface area (Å²) in [6.45, 7) is 14.2. The summed E-state index contributed by atoms with van der Waals surface area (Å²) in [6.07, 6.45) is -3.46.